The van der Waals surface area contributed by atoms with E-state index in [9.17, 15) is 10.1 Å². The van der Waals surface area contributed by atoms with Crippen LogP contribution in [0.15, 0.2) is 41.6 Å². The normalized spacial score (nSPS) is 10.2. The van der Waals surface area contributed by atoms with Crippen LogP contribution in [0, 0.1) is 10.1 Å². The molecule has 0 aliphatic heterocycles. The summed E-state index contributed by atoms with van der Waals surface area (Å²) in [5, 5.41) is 14.2. The summed E-state index contributed by atoms with van der Waals surface area (Å²) < 4.78 is 0. The Morgan fingerprint density at radius 3 is 2.50 bits per heavy atom. The lowest BCUT2D eigenvalue weighted by molar-refractivity contribution is -0.385. The molecule has 0 saturated carbocycles. The summed E-state index contributed by atoms with van der Waals surface area (Å²) in [6.45, 7) is 0.658. The largest absolute Gasteiger partial charge is 0.353 e. The van der Waals surface area contributed by atoms with Crippen molar-refractivity contribution >= 4 is 35.0 Å². The summed E-state index contributed by atoms with van der Waals surface area (Å²) in [6, 6.07) is 7.60. The highest BCUT2D eigenvalue weighted by Gasteiger charge is 2.05. The van der Waals surface area contributed by atoms with Crippen LogP contribution < -0.4 is 5.32 Å². The van der Waals surface area contributed by atoms with Gasteiger partial charge >= 0.3 is 5.69 Å². The first-order chi connectivity index (χ1) is 9.65. The number of thioether (sulfide) groups is 1. The molecule has 0 amide bonds. The maximum atomic E-state index is 10.4. The SMILES string of the molecule is O=[N+]([O-])c1cnc(NCCSc2ccc(Cl)cc2)nc1. The average Bonchev–Trinajstić information content (AvgIpc) is 2.46. The fourth-order valence-electron chi connectivity index (χ4n) is 1.37. The molecule has 2 rings (SSSR count). The molecule has 0 bridgehead atoms. The molecule has 0 saturated heterocycles. The molecule has 2 aromatic rings. The van der Waals surface area contributed by atoms with Gasteiger partial charge in [-0.25, -0.2) is 9.97 Å². The standard InChI is InChI=1S/C12H11ClN4O2S/c13-9-1-3-11(4-2-9)20-6-5-14-12-15-7-10(8-16-12)17(18)19/h1-4,7-8H,5-6H2,(H,14,15,16). The highest BCUT2D eigenvalue weighted by atomic mass is 35.5. The second-order valence-electron chi connectivity index (χ2n) is 3.75. The molecule has 0 aliphatic rings. The van der Waals surface area contributed by atoms with Crippen LogP contribution in [0.3, 0.4) is 0 Å². The number of nitrogens with zero attached hydrogens (tertiary/aromatic N) is 3. The van der Waals surface area contributed by atoms with Gasteiger partial charge in [0.05, 0.1) is 4.92 Å². The maximum Gasteiger partial charge on any atom is 0.305 e. The van der Waals surface area contributed by atoms with Gasteiger partial charge in [-0.2, -0.15) is 0 Å². The van der Waals surface area contributed by atoms with Crippen molar-refractivity contribution < 1.29 is 4.92 Å². The van der Waals surface area contributed by atoms with Crippen LogP contribution >= 0.6 is 23.4 Å². The molecule has 0 atom stereocenters. The Bertz CT molecular complexity index is 577. The van der Waals surface area contributed by atoms with Gasteiger partial charge in [0.25, 0.3) is 0 Å². The fourth-order valence-corrected chi connectivity index (χ4v) is 2.26. The highest BCUT2D eigenvalue weighted by molar-refractivity contribution is 7.99. The summed E-state index contributed by atoms with van der Waals surface area (Å²) >= 11 is 7.47. The van der Waals surface area contributed by atoms with Crippen LogP contribution in [0.25, 0.3) is 0 Å². The van der Waals surface area contributed by atoms with Crippen LogP contribution in [0.4, 0.5) is 11.6 Å². The molecule has 0 spiro atoms. The summed E-state index contributed by atoms with van der Waals surface area (Å²) in [5.74, 6) is 1.20. The van der Waals surface area contributed by atoms with E-state index in [4.69, 9.17) is 11.6 Å². The molecule has 0 fully saturated rings. The smallest absolute Gasteiger partial charge is 0.305 e. The predicted molar refractivity (Wildman–Crippen MR) is 79.4 cm³/mol. The number of anilines is 1. The quantitative estimate of drug-likeness (QED) is 0.382. The number of hydrogen-bond donors (Lipinski definition) is 1. The molecule has 1 aromatic heterocycles. The van der Waals surface area contributed by atoms with Gasteiger partial charge in [-0.15, -0.1) is 11.8 Å². The van der Waals surface area contributed by atoms with Crippen LogP contribution in [-0.2, 0) is 0 Å². The minimum atomic E-state index is -0.528. The van der Waals surface area contributed by atoms with Crippen molar-refractivity contribution in [2.45, 2.75) is 4.90 Å². The van der Waals surface area contributed by atoms with Gasteiger partial charge in [0, 0.05) is 22.2 Å². The third-order valence-electron chi connectivity index (χ3n) is 2.32. The lowest BCUT2D eigenvalue weighted by atomic mass is 10.4. The predicted octanol–water partition coefficient (Wildman–Crippen LogP) is 3.24. The lowest BCUT2D eigenvalue weighted by Crippen LogP contribution is -2.07. The van der Waals surface area contributed by atoms with Crippen molar-refractivity contribution in [1.29, 1.82) is 0 Å². The first-order valence-electron chi connectivity index (χ1n) is 5.74. The summed E-state index contributed by atoms with van der Waals surface area (Å²) in [6.07, 6.45) is 2.36. The van der Waals surface area contributed by atoms with Crippen LogP contribution in [0.1, 0.15) is 0 Å². The Labute approximate surface area is 124 Å². The van der Waals surface area contributed by atoms with E-state index in [1.54, 1.807) is 11.8 Å². The van der Waals surface area contributed by atoms with Crippen LogP contribution in [-0.4, -0.2) is 27.2 Å². The second kappa shape index (κ2) is 7.06. The second-order valence-corrected chi connectivity index (χ2v) is 5.36. The fraction of sp³-hybridized carbons (Fsp3) is 0.167. The van der Waals surface area contributed by atoms with E-state index in [-0.39, 0.29) is 5.69 Å². The lowest BCUT2D eigenvalue weighted by Gasteiger charge is -2.04. The number of hydrogen-bond acceptors (Lipinski definition) is 6. The molecule has 6 nitrogen and oxygen atoms in total. The molecule has 1 heterocycles. The van der Waals surface area contributed by atoms with E-state index < -0.39 is 4.92 Å². The molecule has 1 aromatic carbocycles. The zero-order valence-electron chi connectivity index (χ0n) is 10.3. The number of rotatable bonds is 6. The molecule has 0 aliphatic carbocycles. The van der Waals surface area contributed by atoms with E-state index in [1.165, 1.54) is 12.4 Å². The van der Waals surface area contributed by atoms with E-state index in [0.29, 0.717) is 17.5 Å². The Morgan fingerprint density at radius 2 is 1.90 bits per heavy atom. The molecular weight excluding hydrogens is 300 g/mol. The third kappa shape index (κ3) is 4.36. The Hall–Kier alpha value is -1.86. The minimum absolute atomic E-state index is 0.119. The maximum absolute atomic E-state index is 10.4. The van der Waals surface area contributed by atoms with Crippen molar-refractivity contribution in [2.24, 2.45) is 0 Å². The molecule has 0 unspecified atom stereocenters. The van der Waals surface area contributed by atoms with Gasteiger partial charge in [0.1, 0.15) is 12.4 Å². The van der Waals surface area contributed by atoms with Gasteiger partial charge in [-0.05, 0) is 24.3 Å². The van der Waals surface area contributed by atoms with E-state index in [1.807, 2.05) is 24.3 Å². The monoisotopic (exact) mass is 310 g/mol. The first-order valence-corrected chi connectivity index (χ1v) is 7.10. The average molecular weight is 311 g/mol. The van der Waals surface area contributed by atoms with Gasteiger partial charge < -0.3 is 5.32 Å². The van der Waals surface area contributed by atoms with Gasteiger partial charge in [0.2, 0.25) is 5.95 Å². The molecule has 8 heteroatoms. The summed E-state index contributed by atoms with van der Waals surface area (Å²) in [4.78, 5) is 18.8. The Balaban J connectivity index is 1.75. The summed E-state index contributed by atoms with van der Waals surface area (Å²) in [7, 11) is 0. The van der Waals surface area contributed by atoms with E-state index in [0.717, 1.165) is 10.6 Å². The Kier molecular flexibility index (Phi) is 5.14. The van der Waals surface area contributed by atoms with Gasteiger partial charge in [-0.3, -0.25) is 10.1 Å². The first kappa shape index (κ1) is 14.5. The van der Waals surface area contributed by atoms with E-state index in [2.05, 4.69) is 15.3 Å². The van der Waals surface area contributed by atoms with Crippen LogP contribution in [0.5, 0.6) is 0 Å². The Morgan fingerprint density at radius 1 is 1.25 bits per heavy atom. The molecular formula is C12H11ClN4O2S. The number of benzene rings is 1. The zero-order chi connectivity index (χ0) is 14.4. The molecule has 0 radical (unpaired) electrons. The van der Waals surface area contributed by atoms with Crippen molar-refractivity contribution in [1.82, 2.24) is 9.97 Å². The third-order valence-corrected chi connectivity index (χ3v) is 3.58. The number of halogens is 1. The van der Waals surface area contributed by atoms with Crippen molar-refractivity contribution in [3.8, 4) is 0 Å². The summed E-state index contributed by atoms with van der Waals surface area (Å²) in [5.41, 5.74) is -0.119. The van der Waals surface area contributed by atoms with Gasteiger partial charge in [-0.1, -0.05) is 11.6 Å². The number of nitrogens with one attached hydrogen (secondary N) is 1. The van der Waals surface area contributed by atoms with Crippen molar-refractivity contribution in [2.75, 3.05) is 17.6 Å². The highest BCUT2D eigenvalue weighted by Crippen LogP contribution is 2.20. The molecule has 1 N–H and O–H groups in total. The van der Waals surface area contributed by atoms with Crippen molar-refractivity contribution in [3.05, 3.63) is 51.8 Å². The number of aromatic nitrogens is 2. The number of nitro groups is 1. The minimum Gasteiger partial charge on any atom is -0.353 e. The van der Waals surface area contributed by atoms with Crippen molar-refractivity contribution in [3.63, 3.8) is 0 Å². The topological polar surface area (TPSA) is 81.0 Å². The van der Waals surface area contributed by atoms with E-state index >= 15 is 0 Å². The van der Waals surface area contributed by atoms with Crippen LogP contribution in [0.2, 0.25) is 5.02 Å². The van der Waals surface area contributed by atoms with Gasteiger partial charge in [0.15, 0.2) is 0 Å². The zero-order valence-corrected chi connectivity index (χ0v) is 11.9. The molecule has 104 valence electrons. The molecule has 20 heavy (non-hydrogen) atoms.